The Bertz CT molecular complexity index is 524. The van der Waals surface area contributed by atoms with Gasteiger partial charge < -0.3 is 9.64 Å². The maximum Gasteiger partial charge on any atom is 0.268 e. The smallest absolute Gasteiger partial charge is 0.268 e. The van der Waals surface area contributed by atoms with Crippen molar-refractivity contribution in [3.63, 3.8) is 0 Å². The Morgan fingerprint density at radius 2 is 2.25 bits per heavy atom. The Balaban J connectivity index is 1.94. The summed E-state index contributed by atoms with van der Waals surface area (Å²) in [5.41, 5.74) is 0. The lowest BCUT2D eigenvalue weighted by Crippen LogP contribution is -2.58. The van der Waals surface area contributed by atoms with Gasteiger partial charge in [-0.15, -0.1) is 0 Å². The summed E-state index contributed by atoms with van der Waals surface area (Å²) in [6, 6.07) is 1.59. The van der Waals surface area contributed by atoms with E-state index in [1.165, 1.54) is 6.20 Å². The number of hydrogen-bond acceptors (Lipinski definition) is 3. The predicted octanol–water partition coefficient (Wildman–Crippen LogP) is 3.61. The van der Waals surface area contributed by atoms with E-state index in [2.05, 4.69) is 4.98 Å². The molecule has 0 radical (unpaired) electrons. The average Bonchev–Trinajstić information content (AvgIpc) is 2.36. The molecule has 2 aliphatic heterocycles. The first-order valence-electron chi connectivity index (χ1n) is 6.81. The molecule has 0 aromatic carbocycles. The van der Waals surface area contributed by atoms with Crippen molar-refractivity contribution in [2.24, 2.45) is 11.8 Å². The van der Waals surface area contributed by atoms with Crippen LogP contribution in [0.2, 0.25) is 5.02 Å². The molecule has 2 atom stereocenters. The molecule has 0 bridgehead atoms. The Labute approximate surface area is 121 Å². The van der Waals surface area contributed by atoms with Gasteiger partial charge in [0.2, 0.25) is 0 Å². The topological polar surface area (TPSA) is 25.4 Å². The standard InChI is InChI=1S/C14H17ClF2N2O/c1-8(2)11-4-10-6-20-12-3-9(15)5-18-13(12)19(10)7-14(11,16)17/h3,5,8,10-11H,4,6-7H2,1-2H3. The van der Waals surface area contributed by atoms with E-state index in [-0.39, 0.29) is 18.5 Å². The van der Waals surface area contributed by atoms with Gasteiger partial charge in [0.15, 0.2) is 11.6 Å². The van der Waals surface area contributed by atoms with Gasteiger partial charge in [-0.2, -0.15) is 0 Å². The molecule has 6 heteroatoms. The Morgan fingerprint density at radius 3 is 2.95 bits per heavy atom. The minimum atomic E-state index is -2.71. The summed E-state index contributed by atoms with van der Waals surface area (Å²) in [4.78, 5) is 5.85. The minimum absolute atomic E-state index is 0.0387. The van der Waals surface area contributed by atoms with Gasteiger partial charge in [0.25, 0.3) is 5.92 Å². The van der Waals surface area contributed by atoms with E-state index >= 15 is 0 Å². The van der Waals surface area contributed by atoms with Crippen LogP contribution in [-0.4, -0.2) is 30.1 Å². The molecule has 2 aliphatic rings. The quantitative estimate of drug-likeness (QED) is 0.792. The van der Waals surface area contributed by atoms with E-state index in [0.29, 0.717) is 29.6 Å². The molecule has 3 nitrogen and oxygen atoms in total. The molecule has 0 spiro atoms. The molecule has 1 fully saturated rings. The summed E-state index contributed by atoms with van der Waals surface area (Å²) >= 11 is 5.86. The number of anilines is 1. The second-order valence-corrected chi connectivity index (χ2v) is 6.35. The molecule has 1 aromatic rings. The van der Waals surface area contributed by atoms with Gasteiger partial charge in [0, 0.05) is 18.2 Å². The molecule has 1 saturated heterocycles. The van der Waals surface area contributed by atoms with Crippen molar-refractivity contribution in [3.8, 4) is 5.75 Å². The maximum atomic E-state index is 14.3. The summed E-state index contributed by atoms with van der Waals surface area (Å²) in [5, 5.41) is 0.450. The Hall–Kier alpha value is -1.10. The second-order valence-electron chi connectivity index (χ2n) is 5.92. The minimum Gasteiger partial charge on any atom is -0.488 e. The van der Waals surface area contributed by atoms with Crippen molar-refractivity contribution in [1.82, 2.24) is 4.98 Å². The predicted molar refractivity (Wildman–Crippen MR) is 73.8 cm³/mol. The number of piperidine rings is 1. The van der Waals surface area contributed by atoms with E-state index in [4.69, 9.17) is 16.3 Å². The van der Waals surface area contributed by atoms with Crippen molar-refractivity contribution in [2.75, 3.05) is 18.1 Å². The number of aromatic nitrogens is 1. The fraction of sp³-hybridized carbons (Fsp3) is 0.643. The van der Waals surface area contributed by atoms with Gasteiger partial charge in [0.1, 0.15) is 6.61 Å². The zero-order valence-electron chi connectivity index (χ0n) is 11.4. The van der Waals surface area contributed by atoms with Crippen LogP contribution in [0.15, 0.2) is 12.3 Å². The van der Waals surface area contributed by atoms with Gasteiger partial charge in [-0.3, -0.25) is 0 Å². The van der Waals surface area contributed by atoms with Gasteiger partial charge in [-0.1, -0.05) is 25.4 Å². The summed E-state index contributed by atoms with van der Waals surface area (Å²) in [5.74, 6) is -2.39. The van der Waals surface area contributed by atoms with Crippen LogP contribution >= 0.6 is 11.6 Å². The summed E-state index contributed by atoms with van der Waals surface area (Å²) in [6.45, 7) is 3.81. The highest BCUT2D eigenvalue weighted by Gasteiger charge is 2.51. The maximum absolute atomic E-state index is 14.3. The van der Waals surface area contributed by atoms with E-state index in [1.54, 1.807) is 11.0 Å². The molecule has 20 heavy (non-hydrogen) atoms. The van der Waals surface area contributed by atoms with Gasteiger partial charge >= 0.3 is 0 Å². The largest absolute Gasteiger partial charge is 0.488 e. The zero-order chi connectivity index (χ0) is 14.5. The van der Waals surface area contributed by atoms with Crippen LogP contribution < -0.4 is 9.64 Å². The molecule has 3 heterocycles. The highest BCUT2D eigenvalue weighted by Crippen LogP contribution is 2.45. The zero-order valence-corrected chi connectivity index (χ0v) is 12.2. The average molecular weight is 303 g/mol. The van der Waals surface area contributed by atoms with Crippen molar-refractivity contribution < 1.29 is 13.5 Å². The molecule has 110 valence electrons. The lowest BCUT2D eigenvalue weighted by atomic mass is 9.80. The Kier molecular flexibility index (Phi) is 3.27. The number of pyridine rings is 1. The normalized spacial score (nSPS) is 27.8. The number of fused-ring (bicyclic) bond motifs is 3. The van der Waals surface area contributed by atoms with Crippen LogP contribution in [-0.2, 0) is 0 Å². The van der Waals surface area contributed by atoms with E-state index in [9.17, 15) is 8.78 Å². The highest BCUT2D eigenvalue weighted by atomic mass is 35.5. The van der Waals surface area contributed by atoms with Crippen LogP contribution in [0.3, 0.4) is 0 Å². The lowest BCUT2D eigenvalue weighted by Gasteiger charge is -2.47. The molecule has 0 amide bonds. The number of halogens is 3. The number of rotatable bonds is 1. The van der Waals surface area contributed by atoms with Crippen LogP contribution in [0.5, 0.6) is 5.75 Å². The van der Waals surface area contributed by atoms with Crippen LogP contribution in [0.25, 0.3) is 0 Å². The Morgan fingerprint density at radius 1 is 1.50 bits per heavy atom. The van der Waals surface area contributed by atoms with Gasteiger partial charge in [-0.25, -0.2) is 13.8 Å². The van der Waals surface area contributed by atoms with Gasteiger partial charge in [-0.05, 0) is 12.3 Å². The third kappa shape index (κ3) is 2.22. The number of ether oxygens (including phenoxy) is 1. The summed E-state index contributed by atoms with van der Waals surface area (Å²) in [7, 11) is 0. The van der Waals surface area contributed by atoms with E-state index < -0.39 is 11.8 Å². The lowest BCUT2D eigenvalue weighted by molar-refractivity contribution is -0.0929. The molecular formula is C14H17ClF2N2O. The fourth-order valence-electron chi connectivity index (χ4n) is 3.15. The van der Waals surface area contributed by atoms with E-state index in [1.807, 2.05) is 13.8 Å². The van der Waals surface area contributed by atoms with Crippen LogP contribution in [0.1, 0.15) is 20.3 Å². The number of alkyl halides is 2. The fourth-order valence-corrected chi connectivity index (χ4v) is 3.30. The monoisotopic (exact) mass is 302 g/mol. The van der Waals surface area contributed by atoms with Gasteiger partial charge in [0.05, 0.1) is 17.6 Å². The molecule has 0 N–H and O–H groups in total. The summed E-state index contributed by atoms with van der Waals surface area (Å²) < 4.78 is 34.3. The first kappa shape index (κ1) is 13.9. The molecule has 2 unspecified atom stereocenters. The molecule has 3 rings (SSSR count). The molecule has 0 saturated carbocycles. The molecule has 0 aliphatic carbocycles. The SMILES string of the molecule is CC(C)C1CC2COc3cc(Cl)cnc3N2CC1(F)F. The summed E-state index contributed by atoms with van der Waals surface area (Å²) in [6.07, 6.45) is 1.90. The molecular weight excluding hydrogens is 286 g/mol. The van der Waals surface area contributed by atoms with Crippen LogP contribution in [0.4, 0.5) is 14.6 Å². The first-order chi connectivity index (χ1) is 9.38. The first-order valence-corrected chi connectivity index (χ1v) is 7.19. The number of nitrogens with zero attached hydrogens (tertiary/aromatic N) is 2. The van der Waals surface area contributed by atoms with Crippen LogP contribution in [0, 0.1) is 11.8 Å². The second kappa shape index (κ2) is 4.72. The van der Waals surface area contributed by atoms with E-state index in [0.717, 1.165) is 0 Å². The highest BCUT2D eigenvalue weighted by molar-refractivity contribution is 6.30. The third-order valence-corrected chi connectivity index (χ3v) is 4.40. The molecule has 1 aromatic heterocycles. The number of hydrogen-bond donors (Lipinski definition) is 0. The van der Waals surface area contributed by atoms with Crippen molar-refractivity contribution in [3.05, 3.63) is 17.3 Å². The van der Waals surface area contributed by atoms with Crippen molar-refractivity contribution >= 4 is 17.4 Å². The third-order valence-electron chi connectivity index (χ3n) is 4.20. The van der Waals surface area contributed by atoms with Crippen molar-refractivity contribution in [2.45, 2.75) is 32.2 Å². The van der Waals surface area contributed by atoms with Crippen molar-refractivity contribution in [1.29, 1.82) is 0 Å².